The zero-order valence-electron chi connectivity index (χ0n) is 15.0. The molecule has 2 aromatic carbocycles. The molecule has 0 saturated carbocycles. The molecular weight excluding hydrogens is 352 g/mol. The van der Waals surface area contributed by atoms with Crippen molar-refractivity contribution in [2.24, 2.45) is 0 Å². The first-order valence-corrected chi connectivity index (χ1v) is 10.2. The van der Waals surface area contributed by atoms with E-state index in [0.29, 0.717) is 18.0 Å². The minimum Gasteiger partial charge on any atom is -0.497 e. The van der Waals surface area contributed by atoms with Crippen molar-refractivity contribution in [1.29, 1.82) is 0 Å². The highest BCUT2D eigenvalue weighted by atomic mass is 32.2. The molecule has 1 aliphatic heterocycles. The zero-order chi connectivity index (χ0) is 18.9. The number of nitrogens with zero attached hydrogens (tertiary/aromatic N) is 2. The van der Waals surface area contributed by atoms with E-state index >= 15 is 0 Å². The van der Waals surface area contributed by atoms with Crippen molar-refractivity contribution in [2.45, 2.75) is 19.4 Å². The quantitative estimate of drug-likeness (QED) is 0.806. The van der Waals surface area contributed by atoms with Crippen LogP contribution in [0, 0.1) is 0 Å². The number of anilines is 2. The third-order valence-electron chi connectivity index (χ3n) is 4.55. The lowest BCUT2D eigenvalue weighted by Crippen LogP contribution is -2.49. The third kappa shape index (κ3) is 3.39. The van der Waals surface area contributed by atoms with Gasteiger partial charge in [-0.3, -0.25) is 9.10 Å². The Morgan fingerprint density at radius 2 is 1.81 bits per heavy atom. The maximum atomic E-state index is 13.1. The first kappa shape index (κ1) is 18.3. The smallest absolute Gasteiger partial charge is 0.250 e. The number of methoxy groups -OCH3 is 1. The summed E-state index contributed by atoms with van der Waals surface area (Å²) < 4.78 is 31.1. The molecule has 0 N–H and O–H groups in total. The van der Waals surface area contributed by atoms with Gasteiger partial charge in [0.05, 0.1) is 19.1 Å². The number of benzene rings is 2. The number of fused-ring (bicyclic) bond motifs is 1. The first-order chi connectivity index (χ1) is 12.3. The Morgan fingerprint density at radius 3 is 2.42 bits per heavy atom. The van der Waals surface area contributed by atoms with Gasteiger partial charge in [0.25, 0.3) is 5.91 Å². The maximum Gasteiger partial charge on any atom is 0.250 e. The summed E-state index contributed by atoms with van der Waals surface area (Å²) in [6.45, 7) is 2.18. The molecule has 1 atom stereocenters. The van der Waals surface area contributed by atoms with Crippen LogP contribution in [0.1, 0.15) is 12.5 Å². The normalized spacial score (nSPS) is 14.7. The van der Waals surface area contributed by atoms with Crippen LogP contribution in [0.3, 0.4) is 0 Å². The molecule has 2 aromatic rings. The van der Waals surface area contributed by atoms with Crippen molar-refractivity contribution in [3.05, 3.63) is 54.1 Å². The highest BCUT2D eigenvalue weighted by molar-refractivity contribution is 7.92. The first-order valence-electron chi connectivity index (χ1n) is 8.35. The van der Waals surface area contributed by atoms with Crippen molar-refractivity contribution >= 4 is 27.3 Å². The molecule has 138 valence electrons. The summed E-state index contributed by atoms with van der Waals surface area (Å²) in [5.74, 6) is 0.380. The number of carbonyl (C=O) groups is 1. The molecule has 7 heteroatoms. The van der Waals surface area contributed by atoms with E-state index in [1.165, 1.54) is 0 Å². The fraction of sp³-hybridized carbons (Fsp3) is 0.316. The summed E-state index contributed by atoms with van der Waals surface area (Å²) in [5, 5.41) is 0. The Labute approximate surface area is 154 Å². The number of ether oxygens (including phenoxy) is 1. The third-order valence-corrected chi connectivity index (χ3v) is 5.79. The van der Waals surface area contributed by atoms with Crippen molar-refractivity contribution in [3.8, 4) is 5.75 Å². The van der Waals surface area contributed by atoms with E-state index in [1.54, 1.807) is 43.2 Å². The Morgan fingerprint density at radius 1 is 1.15 bits per heavy atom. The number of amides is 1. The van der Waals surface area contributed by atoms with E-state index in [0.717, 1.165) is 28.2 Å². The molecule has 1 heterocycles. The van der Waals surface area contributed by atoms with Crippen LogP contribution in [-0.4, -0.2) is 40.3 Å². The average Bonchev–Trinajstić information content (AvgIpc) is 3.04. The number of rotatable bonds is 5. The van der Waals surface area contributed by atoms with Crippen LogP contribution >= 0.6 is 0 Å². The fourth-order valence-electron chi connectivity index (χ4n) is 3.32. The Balaban J connectivity index is 1.93. The lowest BCUT2D eigenvalue weighted by Gasteiger charge is -2.31. The second kappa shape index (κ2) is 6.99. The van der Waals surface area contributed by atoms with E-state index in [1.807, 2.05) is 24.3 Å². The highest BCUT2D eigenvalue weighted by Gasteiger charge is 2.34. The van der Waals surface area contributed by atoms with Crippen molar-refractivity contribution in [2.75, 3.05) is 29.1 Å². The minimum absolute atomic E-state index is 0.240. The van der Waals surface area contributed by atoms with E-state index in [4.69, 9.17) is 4.74 Å². The molecule has 0 spiro atoms. The number of para-hydroxylation sites is 1. The highest BCUT2D eigenvalue weighted by Crippen LogP contribution is 2.30. The van der Waals surface area contributed by atoms with Gasteiger partial charge in [0, 0.05) is 12.2 Å². The van der Waals surface area contributed by atoms with Gasteiger partial charge in [0.15, 0.2) is 0 Å². The zero-order valence-corrected chi connectivity index (χ0v) is 15.9. The molecule has 0 bridgehead atoms. The summed E-state index contributed by atoms with van der Waals surface area (Å²) in [5.41, 5.74) is 2.39. The number of hydrogen-bond acceptors (Lipinski definition) is 4. The Hall–Kier alpha value is -2.54. The fourth-order valence-corrected chi connectivity index (χ4v) is 4.49. The molecule has 0 aromatic heterocycles. The van der Waals surface area contributed by atoms with E-state index < -0.39 is 16.1 Å². The van der Waals surface area contributed by atoms with Crippen LogP contribution in [0.15, 0.2) is 48.5 Å². The van der Waals surface area contributed by atoms with Crippen LogP contribution in [-0.2, 0) is 21.2 Å². The standard InChI is InChI=1S/C19H22N2O4S/c1-14(19(22)20-13-12-15-6-4-5-7-18(15)20)21(26(3,23)24)16-8-10-17(25-2)11-9-16/h4-11,14H,12-13H2,1-3H3/t14-/m1/s1. The molecule has 0 saturated heterocycles. The van der Waals surface area contributed by atoms with Gasteiger partial charge in [-0.1, -0.05) is 18.2 Å². The Bertz CT molecular complexity index is 909. The molecule has 0 aliphatic carbocycles. The maximum absolute atomic E-state index is 13.1. The second-order valence-corrected chi connectivity index (χ2v) is 8.16. The van der Waals surface area contributed by atoms with E-state index in [9.17, 15) is 13.2 Å². The van der Waals surface area contributed by atoms with Gasteiger partial charge in [-0.2, -0.15) is 0 Å². The van der Waals surface area contributed by atoms with Crippen LogP contribution in [0.2, 0.25) is 0 Å². The average molecular weight is 374 g/mol. The Kier molecular flexibility index (Phi) is 4.91. The predicted octanol–water partition coefficient (Wildman–Crippen LogP) is 2.44. The SMILES string of the molecule is COc1ccc(N([C@H](C)C(=O)N2CCc3ccccc32)S(C)(=O)=O)cc1. The van der Waals surface area contributed by atoms with Crippen LogP contribution in [0.25, 0.3) is 0 Å². The van der Waals surface area contributed by atoms with Crippen molar-refractivity contribution < 1.29 is 17.9 Å². The largest absolute Gasteiger partial charge is 0.497 e. The van der Waals surface area contributed by atoms with E-state index in [2.05, 4.69) is 0 Å². The monoisotopic (exact) mass is 374 g/mol. The minimum atomic E-state index is -3.64. The van der Waals surface area contributed by atoms with Crippen LogP contribution in [0.4, 0.5) is 11.4 Å². The molecule has 3 rings (SSSR count). The topological polar surface area (TPSA) is 66.9 Å². The molecule has 0 radical (unpaired) electrons. The molecule has 1 aliphatic rings. The summed E-state index contributed by atoms with van der Waals surface area (Å²) >= 11 is 0. The summed E-state index contributed by atoms with van der Waals surface area (Å²) in [7, 11) is -2.10. The van der Waals surface area contributed by atoms with Crippen LogP contribution in [0.5, 0.6) is 5.75 Å². The molecule has 1 amide bonds. The van der Waals surface area contributed by atoms with E-state index in [-0.39, 0.29) is 5.91 Å². The summed E-state index contributed by atoms with van der Waals surface area (Å²) in [6, 6.07) is 13.5. The van der Waals surface area contributed by atoms with Gasteiger partial charge in [-0.05, 0) is 49.2 Å². The summed E-state index contributed by atoms with van der Waals surface area (Å²) in [6.07, 6.45) is 1.88. The van der Waals surface area contributed by atoms with Crippen LogP contribution < -0.4 is 13.9 Å². The van der Waals surface area contributed by atoms with Crippen molar-refractivity contribution in [1.82, 2.24) is 0 Å². The lowest BCUT2D eigenvalue weighted by atomic mass is 10.2. The molecule has 26 heavy (non-hydrogen) atoms. The van der Waals surface area contributed by atoms with Gasteiger partial charge in [-0.25, -0.2) is 8.42 Å². The predicted molar refractivity (Wildman–Crippen MR) is 102 cm³/mol. The molecule has 0 fully saturated rings. The number of sulfonamides is 1. The molecule has 0 unspecified atom stereocenters. The molecule has 6 nitrogen and oxygen atoms in total. The number of carbonyl (C=O) groups excluding carboxylic acids is 1. The molecular formula is C19H22N2O4S. The van der Waals surface area contributed by atoms with Gasteiger partial charge < -0.3 is 9.64 Å². The number of hydrogen-bond donors (Lipinski definition) is 0. The van der Waals surface area contributed by atoms with Gasteiger partial charge in [-0.15, -0.1) is 0 Å². The van der Waals surface area contributed by atoms with Gasteiger partial charge in [0.1, 0.15) is 11.8 Å². The second-order valence-electron chi connectivity index (χ2n) is 6.30. The van der Waals surface area contributed by atoms with Crippen molar-refractivity contribution in [3.63, 3.8) is 0 Å². The van der Waals surface area contributed by atoms with Gasteiger partial charge >= 0.3 is 0 Å². The summed E-state index contributed by atoms with van der Waals surface area (Å²) in [4.78, 5) is 14.8. The lowest BCUT2D eigenvalue weighted by molar-refractivity contribution is -0.119. The van der Waals surface area contributed by atoms with Gasteiger partial charge in [0.2, 0.25) is 10.0 Å².